The van der Waals surface area contributed by atoms with Gasteiger partial charge < -0.3 is 0 Å². The monoisotopic (exact) mass is 664 g/mol. The summed E-state index contributed by atoms with van der Waals surface area (Å²) in [6.45, 7) is 24.3. The van der Waals surface area contributed by atoms with E-state index in [1.54, 1.807) is 22.3 Å². The van der Waals surface area contributed by atoms with Crippen LogP contribution in [-0.2, 0) is 12.8 Å². The van der Waals surface area contributed by atoms with E-state index in [0.29, 0.717) is 34.8 Å². The largest absolute Gasteiger partial charge is 0.0722 e. The summed E-state index contributed by atoms with van der Waals surface area (Å²) in [6.07, 6.45) is 9.84. The molecule has 49 heavy (non-hydrogen) atoms. The molecular weight excluding hydrogens is 605 g/mol. The Bertz CT molecular complexity index is 1690. The summed E-state index contributed by atoms with van der Waals surface area (Å²) < 4.78 is 0. The van der Waals surface area contributed by atoms with Crippen LogP contribution in [0.15, 0.2) is 96.1 Å². The molecule has 4 aromatic carbocycles. The summed E-state index contributed by atoms with van der Waals surface area (Å²) in [7, 11) is -2.04. The van der Waals surface area contributed by atoms with E-state index in [-0.39, 0.29) is 0 Å². The normalized spacial score (nSPS) is 17.3. The lowest BCUT2D eigenvalue weighted by atomic mass is 9.94. The van der Waals surface area contributed by atoms with Gasteiger partial charge in [0.25, 0.3) is 0 Å². The SMILES string of the molecule is CC(C)CC1=Cc2c(-c3ccc(CC(C)C)cc3)cccc2C1[Si](C)(C)C1C(CC(C)C)=Cc2c(-c3ccc(CC(C)C)cc3)cccc21. The van der Waals surface area contributed by atoms with Crippen molar-refractivity contribution in [3.8, 4) is 22.3 Å². The van der Waals surface area contributed by atoms with Crippen LogP contribution in [0.25, 0.3) is 34.4 Å². The maximum atomic E-state index is 2.72. The minimum Gasteiger partial charge on any atom is -0.0679 e. The maximum Gasteiger partial charge on any atom is 0.0722 e. The summed E-state index contributed by atoms with van der Waals surface area (Å²) in [6, 6.07) is 33.3. The zero-order chi connectivity index (χ0) is 35.0. The fourth-order valence-electron chi connectivity index (χ4n) is 9.24. The van der Waals surface area contributed by atoms with Crippen molar-refractivity contribution in [1.29, 1.82) is 0 Å². The molecule has 0 aliphatic heterocycles. The van der Waals surface area contributed by atoms with E-state index < -0.39 is 8.07 Å². The Kier molecular flexibility index (Phi) is 10.4. The van der Waals surface area contributed by atoms with Gasteiger partial charge in [0.2, 0.25) is 0 Å². The van der Waals surface area contributed by atoms with E-state index in [4.69, 9.17) is 0 Å². The highest BCUT2D eigenvalue weighted by molar-refractivity contribution is 6.81. The summed E-state index contributed by atoms with van der Waals surface area (Å²) in [4.78, 5) is 0. The van der Waals surface area contributed by atoms with Gasteiger partial charge in [-0.3, -0.25) is 0 Å². The van der Waals surface area contributed by atoms with Gasteiger partial charge in [0.15, 0.2) is 0 Å². The topological polar surface area (TPSA) is 0 Å². The lowest BCUT2D eigenvalue weighted by Gasteiger charge is -2.41. The average Bonchev–Trinajstić information content (AvgIpc) is 3.59. The summed E-state index contributed by atoms with van der Waals surface area (Å²) in [5.41, 5.74) is 18.8. The first-order valence-electron chi connectivity index (χ1n) is 19.2. The molecule has 6 rings (SSSR count). The molecule has 2 unspecified atom stereocenters. The third kappa shape index (κ3) is 7.39. The fraction of sp³-hybridized carbons (Fsp3) is 0.417. The molecular formula is C48H60Si. The van der Waals surface area contributed by atoms with Crippen molar-refractivity contribution in [2.75, 3.05) is 0 Å². The quantitative estimate of drug-likeness (QED) is 0.132. The molecule has 2 atom stereocenters. The number of benzene rings is 4. The Labute approximate surface area is 299 Å². The Morgan fingerprint density at radius 3 is 1.12 bits per heavy atom. The number of hydrogen-bond donors (Lipinski definition) is 0. The zero-order valence-electron chi connectivity index (χ0n) is 32.0. The number of allylic oxidation sites excluding steroid dienone is 2. The van der Waals surface area contributed by atoms with Crippen molar-refractivity contribution in [2.45, 2.75) is 105 Å². The van der Waals surface area contributed by atoms with Crippen LogP contribution in [0.2, 0.25) is 13.1 Å². The molecule has 0 heterocycles. The second kappa shape index (κ2) is 14.4. The molecule has 0 amide bonds. The van der Waals surface area contributed by atoms with Gasteiger partial charge in [-0.25, -0.2) is 0 Å². The van der Waals surface area contributed by atoms with Crippen LogP contribution in [0, 0.1) is 23.7 Å². The molecule has 0 nitrogen and oxygen atoms in total. The zero-order valence-corrected chi connectivity index (χ0v) is 33.0. The Hall–Kier alpha value is -3.42. The molecule has 0 bridgehead atoms. The van der Waals surface area contributed by atoms with Gasteiger partial charge in [-0.15, -0.1) is 0 Å². The van der Waals surface area contributed by atoms with Crippen molar-refractivity contribution >= 4 is 20.2 Å². The van der Waals surface area contributed by atoms with Crippen LogP contribution in [0.4, 0.5) is 0 Å². The summed E-state index contributed by atoms with van der Waals surface area (Å²) in [5.74, 6) is 2.59. The number of hydrogen-bond acceptors (Lipinski definition) is 0. The second-order valence-electron chi connectivity index (χ2n) is 17.5. The van der Waals surface area contributed by atoms with Gasteiger partial charge in [-0.2, -0.15) is 0 Å². The van der Waals surface area contributed by atoms with Gasteiger partial charge >= 0.3 is 0 Å². The maximum absolute atomic E-state index is 2.72. The van der Waals surface area contributed by atoms with E-state index in [1.807, 2.05) is 0 Å². The Morgan fingerprint density at radius 2 is 0.796 bits per heavy atom. The van der Waals surface area contributed by atoms with Crippen LogP contribution < -0.4 is 0 Å². The first-order chi connectivity index (χ1) is 23.3. The number of fused-ring (bicyclic) bond motifs is 2. The standard InChI is InChI=1S/C48H60Si/c1-31(2)25-35-17-21-37(22-18-35)41-13-11-15-43-45(41)29-39(27-33(5)6)47(43)49(9,10)48-40(28-34(7)8)30-46-42(14-12-16-44(46)48)38-23-19-36(20-24-38)26-32(3)4/h11-24,29-34,47-48H,25-28H2,1-10H3. The molecule has 2 aliphatic rings. The minimum absolute atomic E-state index is 0.496. The average molecular weight is 665 g/mol. The molecule has 256 valence electrons. The third-order valence-electron chi connectivity index (χ3n) is 10.9. The first kappa shape index (κ1) is 35.4. The van der Waals surface area contributed by atoms with Crippen LogP contribution in [-0.4, -0.2) is 8.07 Å². The second-order valence-corrected chi connectivity index (χ2v) is 22.3. The van der Waals surface area contributed by atoms with Gasteiger partial charge in [-0.05, 0) is 105 Å². The third-order valence-corrected chi connectivity index (χ3v) is 15.2. The van der Waals surface area contributed by atoms with Crippen molar-refractivity contribution in [1.82, 2.24) is 0 Å². The molecule has 0 spiro atoms. The van der Waals surface area contributed by atoms with Crippen LogP contribution in [0.5, 0.6) is 0 Å². The summed E-state index contributed by atoms with van der Waals surface area (Å²) in [5, 5.41) is 0. The van der Waals surface area contributed by atoms with E-state index in [1.165, 1.54) is 44.5 Å². The van der Waals surface area contributed by atoms with Crippen molar-refractivity contribution in [3.63, 3.8) is 0 Å². The van der Waals surface area contributed by atoms with E-state index in [2.05, 4.69) is 166 Å². The van der Waals surface area contributed by atoms with Crippen molar-refractivity contribution in [3.05, 3.63) is 129 Å². The lowest BCUT2D eigenvalue weighted by molar-refractivity contribution is 0.623. The number of rotatable bonds is 12. The highest BCUT2D eigenvalue weighted by Gasteiger charge is 2.48. The molecule has 0 saturated carbocycles. The van der Waals surface area contributed by atoms with Gasteiger partial charge in [0, 0.05) is 11.1 Å². The van der Waals surface area contributed by atoms with Gasteiger partial charge in [0.05, 0.1) is 8.07 Å². The van der Waals surface area contributed by atoms with Crippen LogP contribution in [0.1, 0.15) is 113 Å². The Balaban J connectivity index is 1.44. The minimum atomic E-state index is -2.04. The first-order valence-corrected chi connectivity index (χ1v) is 22.3. The highest BCUT2D eigenvalue weighted by atomic mass is 28.3. The fourth-order valence-corrected chi connectivity index (χ4v) is 14.0. The van der Waals surface area contributed by atoms with Crippen LogP contribution in [0.3, 0.4) is 0 Å². The molecule has 4 aromatic rings. The van der Waals surface area contributed by atoms with E-state index in [0.717, 1.165) is 25.7 Å². The molecule has 0 fully saturated rings. The summed E-state index contributed by atoms with van der Waals surface area (Å²) >= 11 is 0. The van der Waals surface area contributed by atoms with Crippen molar-refractivity contribution < 1.29 is 0 Å². The Morgan fingerprint density at radius 1 is 0.449 bits per heavy atom. The molecule has 0 saturated heterocycles. The van der Waals surface area contributed by atoms with Gasteiger partial charge in [-0.1, -0.05) is 177 Å². The van der Waals surface area contributed by atoms with Crippen molar-refractivity contribution in [2.24, 2.45) is 23.7 Å². The molecule has 0 radical (unpaired) electrons. The highest BCUT2D eigenvalue weighted by Crippen LogP contribution is 2.56. The predicted molar refractivity (Wildman–Crippen MR) is 219 cm³/mol. The lowest BCUT2D eigenvalue weighted by Crippen LogP contribution is -2.43. The molecule has 2 aliphatic carbocycles. The molecule has 0 aromatic heterocycles. The smallest absolute Gasteiger partial charge is 0.0679 e. The van der Waals surface area contributed by atoms with Crippen LogP contribution >= 0.6 is 0 Å². The molecule has 1 heteroatoms. The van der Waals surface area contributed by atoms with E-state index >= 15 is 0 Å². The molecule has 0 N–H and O–H groups in total. The predicted octanol–water partition coefficient (Wildman–Crippen LogP) is 14.0. The van der Waals surface area contributed by atoms with E-state index in [9.17, 15) is 0 Å². The van der Waals surface area contributed by atoms with Gasteiger partial charge in [0.1, 0.15) is 0 Å².